The van der Waals surface area contributed by atoms with Crippen LogP contribution in [0.25, 0.3) is 5.69 Å². The van der Waals surface area contributed by atoms with Crippen LogP contribution < -0.4 is 4.90 Å². The van der Waals surface area contributed by atoms with Crippen molar-refractivity contribution in [3.8, 4) is 5.69 Å². The molecule has 24 heavy (non-hydrogen) atoms. The van der Waals surface area contributed by atoms with Crippen LogP contribution >= 0.6 is 0 Å². The molecule has 0 spiro atoms. The van der Waals surface area contributed by atoms with Gasteiger partial charge >= 0.3 is 0 Å². The van der Waals surface area contributed by atoms with E-state index >= 15 is 0 Å². The molecule has 0 radical (unpaired) electrons. The predicted octanol–water partition coefficient (Wildman–Crippen LogP) is 3.47. The molecule has 0 fully saturated rings. The topological polar surface area (TPSA) is 51.0 Å². The van der Waals surface area contributed by atoms with E-state index in [9.17, 15) is 4.79 Å². The average Bonchev–Trinajstić information content (AvgIpc) is 2.95. The van der Waals surface area contributed by atoms with Crippen LogP contribution in [-0.4, -0.2) is 27.9 Å². The summed E-state index contributed by atoms with van der Waals surface area (Å²) in [5, 5.41) is 8.30. The van der Waals surface area contributed by atoms with Gasteiger partial charge in [-0.05, 0) is 56.2 Å². The molecular weight excluding hydrogens is 300 g/mol. The number of carbonyl (C=O) groups excluding carboxylic acids is 1. The summed E-state index contributed by atoms with van der Waals surface area (Å²) in [5.41, 5.74) is 5.12. The number of rotatable bonds is 3. The minimum absolute atomic E-state index is 0.172. The third-order valence-corrected chi connectivity index (χ3v) is 4.00. The lowest BCUT2D eigenvalue weighted by molar-refractivity contribution is 0.0987. The van der Waals surface area contributed by atoms with Crippen LogP contribution in [0.2, 0.25) is 0 Å². The molecule has 0 bridgehead atoms. The number of amides is 1. The molecular formula is C19H20N4O. The summed E-state index contributed by atoms with van der Waals surface area (Å²) in [6.07, 6.45) is 0. The Morgan fingerprint density at radius 2 is 1.62 bits per heavy atom. The van der Waals surface area contributed by atoms with Crippen LogP contribution in [0.1, 0.15) is 27.3 Å². The minimum Gasteiger partial charge on any atom is -0.310 e. The average molecular weight is 320 g/mol. The Bertz CT molecular complexity index is 863. The fraction of sp³-hybridized carbons (Fsp3) is 0.211. The molecule has 0 aliphatic carbocycles. The number of aromatic nitrogens is 3. The normalized spacial score (nSPS) is 10.7. The Kier molecular flexibility index (Phi) is 4.16. The standard InChI is InChI=1S/C19H20N4O/c1-13-10-14(2)12-17(11-13)23-15(3)18(20-21-23)19(24)22(4)16-8-6-5-7-9-16/h5-12H,1-4H3. The highest BCUT2D eigenvalue weighted by Crippen LogP contribution is 2.19. The lowest BCUT2D eigenvalue weighted by atomic mass is 10.1. The molecule has 5 heteroatoms. The number of para-hydroxylation sites is 1. The summed E-state index contributed by atoms with van der Waals surface area (Å²) < 4.78 is 1.71. The van der Waals surface area contributed by atoms with Crippen molar-refractivity contribution in [3.05, 3.63) is 71.0 Å². The van der Waals surface area contributed by atoms with Crippen LogP contribution in [0, 0.1) is 20.8 Å². The zero-order valence-corrected chi connectivity index (χ0v) is 14.3. The lowest BCUT2D eigenvalue weighted by Gasteiger charge is -2.16. The third kappa shape index (κ3) is 2.93. The predicted molar refractivity (Wildman–Crippen MR) is 94.7 cm³/mol. The SMILES string of the molecule is Cc1cc(C)cc(-n2nnc(C(=O)N(C)c3ccccc3)c2C)c1. The molecule has 3 aromatic rings. The molecule has 1 aromatic heterocycles. The van der Waals surface area contributed by atoms with Gasteiger partial charge in [0.15, 0.2) is 5.69 Å². The monoisotopic (exact) mass is 320 g/mol. The molecule has 0 saturated carbocycles. The first-order valence-electron chi connectivity index (χ1n) is 7.81. The molecule has 1 amide bonds. The van der Waals surface area contributed by atoms with E-state index in [1.807, 2.05) is 63.2 Å². The first-order valence-corrected chi connectivity index (χ1v) is 7.81. The maximum absolute atomic E-state index is 12.8. The highest BCUT2D eigenvalue weighted by molar-refractivity contribution is 6.05. The van der Waals surface area contributed by atoms with Crippen LogP contribution in [0.15, 0.2) is 48.5 Å². The Hall–Kier alpha value is -2.95. The number of hydrogen-bond donors (Lipinski definition) is 0. The lowest BCUT2D eigenvalue weighted by Crippen LogP contribution is -2.27. The Morgan fingerprint density at radius 1 is 1.00 bits per heavy atom. The van der Waals surface area contributed by atoms with Gasteiger partial charge < -0.3 is 4.90 Å². The Labute approximate surface area is 141 Å². The summed E-state index contributed by atoms with van der Waals surface area (Å²) in [7, 11) is 1.74. The molecule has 1 heterocycles. The van der Waals surface area contributed by atoms with E-state index in [-0.39, 0.29) is 5.91 Å². The van der Waals surface area contributed by atoms with E-state index in [2.05, 4.69) is 16.4 Å². The van der Waals surface area contributed by atoms with E-state index in [4.69, 9.17) is 0 Å². The minimum atomic E-state index is -0.172. The van der Waals surface area contributed by atoms with E-state index in [0.29, 0.717) is 5.69 Å². The van der Waals surface area contributed by atoms with Gasteiger partial charge in [-0.25, -0.2) is 4.68 Å². The molecule has 5 nitrogen and oxygen atoms in total. The van der Waals surface area contributed by atoms with Gasteiger partial charge in [-0.1, -0.05) is 29.5 Å². The molecule has 0 aliphatic heterocycles. The zero-order valence-electron chi connectivity index (χ0n) is 14.3. The highest BCUT2D eigenvalue weighted by atomic mass is 16.2. The van der Waals surface area contributed by atoms with Gasteiger partial charge in [0.1, 0.15) is 0 Å². The van der Waals surface area contributed by atoms with Crippen LogP contribution in [0.3, 0.4) is 0 Å². The molecule has 0 unspecified atom stereocenters. The van der Waals surface area contributed by atoms with Crippen LogP contribution in [0.5, 0.6) is 0 Å². The Balaban J connectivity index is 1.96. The van der Waals surface area contributed by atoms with Gasteiger partial charge in [0.2, 0.25) is 0 Å². The number of aryl methyl sites for hydroxylation is 2. The van der Waals surface area contributed by atoms with Gasteiger partial charge in [-0.15, -0.1) is 5.10 Å². The number of benzene rings is 2. The quantitative estimate of drug-likeness (QED) is 0.742. The number of hydrogen-bond acceptors (Lipinski definition) is 3. The smallest absolute Gasteiger partial charge is 0.280 e. The number of anilines is 1. The van der Waals surface area contributed by atoms with Crippen molar-refractivity contribution in [3.63, 3.8) is 0 Å². The highest BCUT2D eigenvalue weighted by Gasteiger charge is 2.21. The van der Waals surface area contributed by atoms with Crippen LogP contribution in [0.4, 0.5) is 5.69 Å². The second-order valence-electron chi connectivity index (χ2n) is 5.98. The van der Waals surface area contributed by atoms with Crippen LogP contribution in [-0.2, 0) is 0 Å². The maximum Gasteiger partial charge on any atom is 0.280 e. The van der Waals surface area contributed by atoms with Crippen molar-refractivity contribution in [2.75, 3.05) is 11.9 Å². The zero-order chi connectivity index (χ0) is 17.3. The summed E-state index contributed by atoms with van der Waals surface area (Å²) in [5.74, 6) is -0.172. The van der Waals surface area contributed by atoms with Crippen molar-refractivity contribution >= 4 is 11.6 Å². The second-order valence-corrected chi connectivity index (χ2v) is 5.98. The molecule has 0 atom stereocenters. The molecule has 0 N–H and O–H groups in total. The van der Waals surface area contributed by atoms with E-state index in [1.54, 1.807) is 16.6 Å². The largest absolute Gasteiger partial charge is 0.310 e. The first kappa shape index (κ1) is 15.9. The van der Waals surface area contributed by atoms with Gasteiger partial charge in [-0.3, -0.25) is 4.79 Å². The van der Waals surface area contributed by atoms with Crippen molar-refractivity contribution in [1.82, 2.24) is 15.0 Å². The number of nitrogens with zero attached hydrogens (tertiary/aromatic N) is 4. The summed E-state index contributed by atoms with van der Waals surface area (Å²) >= 11 is 0. The number of carbonyl (C=O) groups is 1. The fourth-order valence-corrected chi connectivity index (χ4v) is 2.77. The summed E-state index contributed by atoms with van der Waals surface area (Å²) in [4.78, 5) is 14.3. The first-order chi connectivity index (χ1) is 11.5. The van der Waals surface area contributed by atoms with Crippen molar-refractivity contribution < 1.29 is 4.79 Å². The molecule has 122 valence electrons. The Morgan fingerprint density at radius 3 is 2.25 bits per heavy atom. The van der Waals surface area contributed by atoms with Crippen molar-refractivity contribution in [1.29, 1.82) is 0 Å². The molecule has 0 saturated heterocycles. The molecule has 3 rings (SSSR count). The van der Waals surface area contributed by atoms with Gasteiger partial charge in [-0.2, -0.15) is 0 Å². The van der Waals surface area contributed by atoms with E-state index in [1.165, 1.54) is 0 Å². The van der Waals surface area contributed by atoms with Crippen molar-refractivity contribution in [2.45, 2.75) is 20.8 Å². The molecule has 2 aromatic carbocycles. The van der Waals surface area contributed by atoms with E-state index < -0.39 is 0 Å². The van der Waals surface area contributed by atoms with Crippen molar-refractivity contribution in [2.24, 2.45) is 0 Å². The summed E-state index contributed by atoms with van der Waals surface area (Å²) in [6.45, 7) is 5.94. The van der Waals surface area contributed by atoms with Gasteiger partial charge in [0.05, 0.1) is 11.4 Å². The van der Waals surface area contributed by atoms with E-state index in [0.717, 1.165) is 28.2 Å². The third-order valence-electron chi connectivity index (χ3n) is 4.00. The molecule has 0 aliphatic rings. The van der Waals surface area contributed by atoms with Gasteiger partial charge in [0, 0.05) is 12.7 Å². The van der Waals surface area contributed by atoms with Gasteiger partial charge in [0.25, 0.3) is 5.91 Å². The maximum atomic E-state index is 12.8. The second kappa shape index (κ2) is 6.28. The fourth-order valence-electron chi connectivity index (χ4n) is 2.77. The summed E-state index contributed by atoms with van der Waals surface area (Å²) in [6, 6.07) is 15.7.